The van der Waals surface area contributed by atoms with Gasteiger partial charge in [0.25, 0.3) is 0 Å². The highest BCUT2D eigenvalue weighted by molar-refractivity contribution is 5.89. The molecule has 0 amide bonds. The number of esters is 1. The fraction of sp³-hybridized carbons (Fsp3) is 0.458. The zero-order valence-corrected chi connectivity index (χ0v) is 16.6. The third-order valence-corrected chi connectivity index (χ3v) is 5.34. The zero-order valence-electron chi connectivity index (χ0n) is 16.6. The normalized spacial score (nSPS) is 14.9. The van der Waals surface area contributed by atoms with E-state index in [1.807, 2.05) is 38.1 Å². The summed E-state index contributed by atoms with van der Waals surface area (Å²) in [6.07, 6.45) is 6.94. The molecule has 1 aliphatic rings. The Kier molecular flexibility index (Phi) is 7.05. The van der Waals surface area contributed by atoms with Gasteiger partial charge < -0.3 is 10.1 Å². The molecule has 3 heteroatoms. The molecule has 0 spiro atoms. The first-order chi connectivity index (χ1) is 13.1. The molecule has 1 aliphatic carbocycles. The molecule has 27 heavy (non-hydrogen) atoms. The first-order valence-corrected chi connectivity index (χ1v) is 10.1. The van der Waals surface area contributed by atoms with Crippen molar-refractivity contribution in [2.45, 2.75) is 59.1 Å². The van der Waals surface area contributed by atoms with Crippen molar-refractivity contribution in [1.82, 2.24) is 5.32 Å². The summed E-state index contributed by atoms with van der Waals surface area (Å²) in [5.41, 5.74) is 5.06. The molecule has 1 saturated carbocycles. The molecule has 0 heterocycles. The van der Waals surface area contributed by atoms with Gasteiger partial charge in [-0.2, -0.15) is 0 Å². The third kappa shape index (κ3) is 6.21. The monoisotopic (exact) mass is 365 g/mol. The van der Waals surface area contributed by atoms with E-state index in [0.717, 1.165) is 35.7 Å². The number of carbonyl (C=O) groups excluding carboxylic acids is 1. The van der Waals surface area contributed by atoms with Crippen LogP contribution in [0.25, 0.3) is 0 Å². The average Bonchev–Trinajstić information content (AvgIpc) is 2.67. The Bertz CT molecular complexity index is 725. The lowest BCUT2D eigenvalue weighted by molar-refractivity contribution is 0.0472. The Morgan fingerprint density at radius 2 is 1.59 bits per heavy atom. The maximum Gasteiger partial charge on any atom is 0.338 e. The van der Waals surface area contributed by atoms with Crippen LogP contribution in [0, 0.1) is 19.8 Å². The lowest BCUT2D eigenvalue weighted by atomic mass is 9.89. The number of nitrogens with one attached hydrogen (secondary N) is 1. The Balaban J connectivity index is 1.43. The molecule has 0 unspecified atom stereocenters. The second-order valence-electron chi connectivity index (χ2n) is 7.90. The van der Waals surface area contributed by atoms with Crippen LogP contribution in [0.5, 0.6) is 0 Å². The van der Waals surface area contributed by atoms with Gasteiger partial charge in [0.2, 0.25) is 0 Å². The van der Waals surface area contributed by atoms with Crippen LogP contribution in [0.4, 0.5) is 0 Å². The predicted octanol–water partition coefficient (Wildman–Crippen LogP) is 5.33. The number of hydrogen-bond acceptors (Lipinski definition) is 3. The van der Waals surface area contributed by atoms with Gasteiger partial charge in [0.1, 0.15) is 6.61 Å². The number of ether oxygens (including phenoxy) is 1. The molecule has 2 aromatic rings. The second kappa shape index (κ2) is 9.70. The molecule has 1 fully saturated rings. The van der Waals surface area contributed by atoms with Crippen molar-refractivity contribution >= 4 is 5.97 Å². The largest absolute Gasteiger partial charge is 0.457 e. The van der Waals surface area contributed by atoms with Gasteiger partial charge in [0.15, 0.2) is 0 Å². The van der Waals surface area contributed by atoms with Crippen molar-refractivity contribution < 1.29 is 9.53 Å². The maximum atomic E-state index is 12.2. The molecule has 2 aromatic carbocycles. The highest BCUT2D eigenvalue weighted by Crippen LogP contribution is 2.22. The fourth-order valence-electron chi connectivity index (χ4n) is 3.89. The van der Waals surface area contributed by atoms with Crippen LogP contribution >= 0.6 is 0 Å². The Labute approximate surface area is 163 Å². The van der Waals surface area contributed by atoms with Crippen LogP contribution in [0.3, 0.4) is 0 Å². The lowest BCUT2D eigenvalue weighted by Gasteiger charge is -2.21. The molecule has 0 bridgehead atoms. The van der Waals surface area contributed by atoms with Crippen molar-refractivity contribution in [3.8, 4) is 0 Å². The van der Waals surface area contributed by atoms with Gasteiger partial charge in [0.05, 0.1) is 5.56 Å². The smallest absolute Gasteiger partial charge is 0.338 e. The molecular formula is C24H31NO2. The fourth-order valence-corrected chi connectivity index (χ4v) is 3.89. The lowest BCUT2D eigenvalue weighted by Crippen LogP contribution is -2.24. The minimum Gasteiger partial charge on any atom is -0.457 e. The van der Waals surface area contributed by atoms with Crippen molar-refractivity contribution in [2.24, 2.45) is 5.92 Å². The summed E-state index contributed by atoms with van der Waals surface area (Å²) >= 11 is 0. The van der Waals surface area contributed by atoms with Crippen LogP contribution in [0.15, 0.2) is 42.5 Å². The van der Waals surface area contributed by atoms with E-state index < -0.39 is 0 Å². The van der Waals surface area contributed by atoms with E-state index in [2.05, 4.69) is 23.5 Å². The van der Waals surface area contributed by atoms with Gasteiger partial charge in [0, 0.05) is 6.54 Å². The Hall–Kier alpha value is -2.13. The number of rotatable bonds is 7. The zero-order chi connectivity index (χ0) is 19.1. The van der Waals surface area contributed by atoms with Gasteiger partial charge in [-0.05, 0) is 62.4 Å². The molecule has 0 atom stereocenters. The number of aryl methyl sites for hydroxylation is 2. The highest BCUT2D eigenvalue weighted by atomic mass is 16.5. The van der Waals surface area contributed by atoms with E-state index in [-0.39, 0.29) is 5.97 Å². The van der Waals surface area contributed by atoms with E-state index in [1.54, 1.807) is 0 Å². The van der Waals surface area contributed by atoms with Crippen LogP contribution < -0.4 is 5.32 Å². The third-order valence-electron chi connectivity index (χ3n) is 5.34. The van der Waals surface area contributed by atoms with Crippen molar-refractivity contribution in [1.29, 1.82) is 0 Å². The summed E-state index contributed by atoms with van der Waals surface area (Å²) in [6, 6.07) is 14.1. The number of carbonyl (C=O) groups is 1. The van der Waals surface area contributed by atoms with Crippen molar-refractivity contribution in [3.63, 3.8) is 0 Å². The first-order valence-electron chi connectivity index (χ1n) is 10.1. The summed E-state index contributed by atoms with van der Waals surface area (Å²) in [5.74, 6) is 0.586. The summed E-state index contributed by atoms with van der Waals surface area (Å²) in [4.78, 5) is 12.2. The molecule has 0 aliphatic heterocycles. The first kappa shape index (κ1) is 19.6. The highest BCUT2D eigenvalue weighted by Gasteiger charge is 2.12. The van der Waals surface area contributed by atoms with E-state index in [0.29, 0.717) is 12.2 Å². The van der Waals surface area contributed by atoms with Crippen LogP contribution in [-0.2, 0) is 17.9 Å². The van der Waals surface area contributed by atoms with E-state index in [1.165, 1.54) is 37.7 Å². The van der Waals surface area contributed by atoms with Gasteiger partial charge in [-0.3, -0.25) is 0 Å². The predicted molar refractivity (Wildman–Crippen MR) is 110 cm³/mol. The molecule has 3 rings (SSSR count). The molecule has 0 aromatic heterocycles. The van der Waals surface area contributed by atoms with E-state index >= 15 is 0 Å². The van der Waals surface area contributed by atoms with Gasteiger partial charge >= 0.3 is 5.97 Å². The molecule has 0 saturated heterocycles. The van der Waals surface area contributed by atoms with Crippen molar-refractivity contribution in [2.75, 3.05) is 6.54 Å². The quantitative estimate of drug-likeness (QED) is 0.674. The van der Waals surface area contributed by atoms with Gasteiger partial charge in [-0.25, -0.2) is 4.79 Å². The SMILES string of the molecule is Cc1cc(C)cc(C(=O)OCc2ccc(CNCC3CCCCC3)cc2)c1. The standard InChI is InChI=1S/C24H31NO2/c1-18-12-19(2)14-23(13-18)24(26)27-17-22-10-8-21(9-11-22)16-25-15-20-6-4-3-5-7-20/h8-14,20,25H,3-7,15-17H2,1-2H3. The van der Waals surface area contributed by atoms with Crippen LogP contribution in [0.2, 0.25) is 0 Å². The summed E-state index contributed by atoms with van der Waals surface area (Å²) in [6.45, 7) is 6.31. The topological polar surface area (TPSA) is 38.3 Å². The summed E-state index contributed by atoms with van der Waals surface area (Å²) < 4.78 is 5.47. The molecule has 0 radical (unpaired) electrons. The Morgan fingerprint density at radius 3 is 2.26 bits per heavy atom. The molecular weight excluding hydrogens is 334 g/mol. The minimum atomic E-state index is -0.264. The molecule has 1 N–H and O–H groups in total. The van der Waals surface area contributed by atoms with Crippen molar-refractivity contribution in [3.05, 3.63) is 70.3 Å². The van der Waals surface area contributed by atoms with Crippen LogP contribution in [0.1, 0.15) is 64.7 Å². The van der Waals surface area contributed by atoms with E-state index in [4.69, 9.17) is 4.74 Å². The number of benzene rings is 2. The van der Waals surface area contributed by atoms with Gasteiger partial charge in [-0.15, -0.1) is 0 Å². The minimum absolute atomic E-state index is 0.264. The van der Waals surface area contributed by atoms with Crippen LogP contribution in [-0.4, -0.2) is 12.5 Å². The second-order valence-corrected chi connectivity index (χ2v) is 7.90. The number of hydrogen-bond donors (Lipinski definition) is 1. The summed E-state index contributed by atoms with van der Waals surface area (Å²) in [5, 5.41) is 3.59. The average molecular weight is 366 g/mol. The maximum absolute atomic E-state index is 12.2. The molecule has 144 valence electrons. The molecule has 3 nitrogen and oxygen atoms in total. The summed E-state index contributed by atoms with van der Waals surface area (Å²) in [7, 11) is 0. The van der Waals surface area contributed by atoms with E-state index in [9.17, 15) is 4.79 Å². The Morgan fingerprint density at radius 1 is 0.963 bits per heavy atom. The van der Waals surface area contributed by atoms with Gasteiger partial charge in [-0.1, -0.05) is 60.7 Å².